The van der Waals surface area contributed by atoms with Gasteiger partial charge in [-0.1, -0.05) is 44.7 Å². The van der Waals surface area contributed by atoms with Crippen LogP contribution in [0.15, 0.2) is 12.1 Å². The van der Waals surface area contributed by atoms with Gasteiger partial charge in [-0.05, 0) is 30.9 Å². The molecule has 1 aromatic heterocycles. The molecular formula is C16H23ClN2O2. The van der Waals surface area contributed by atoms with Gasteiger partial charge in [-0.25, -0.2) is 4.98 Å². The van der Waals surface area contributed by atoms with Crippen LogP contribution in [0.4, 0.5) is 0 Å². The molecule has 1 heterocycles. The Bertz CT molecular complexity index is 511. The number of halogens is 1. The topological polar surface area (TPSA) is 62.2 Å². The highest BCUT2D eigenvalue weighted by atomic mass is 35.5. The molecule has 0 aromatic carbocycles. The second-order valence-corrected chi connectivity index (χ2v) is 6.61. The fraction of sp³-hybridized carbons (Fsp3) is 0.625. The van der Waals surface area contributed by atoms with Crippen LogP contribution in [-0.4, -0.2) is 28.1 Å². The summed E-state index contributed by atoms with van der Waals surface area (Å²) in [5.41, 5.74) is 0.535. The Morgan fingerprint density at radius 3 is 2.67 bits per heavy atom. The van der Waals surface area contributed by atoms with E-state index in [-0.39, 0.29) is 11.8 Å². The minimum Gasteiger partial charge on any atom is -0.388 e. The van der Waals surface area contributed by atoms with E-state index in [1.165, 1.54) is 0 Å². The molecule has 5 heteroatoms. The molecule has 1 saturated carbocycles. The third-order valence-corrected chi connectivity index (χ3v) is 4.22. The molecule has 21 heavy (non-hydrogen) atoms. The molecule has 0 unspecified atom stereocenters. The van der Waals surface area contributed by atoms with Crippen LogP contribution in [0, 0.1) is 0 Å². The molecule has 0 spiro atoms. The van der Waals surface area contributed by atoms with Gasteiger partial charge in [0.1, 0.15) is 5.15 Å². The average molecular weight is 311 g/mol. The number of amides is 1. The van der Waals surface area contributed by atoms with Crippen molar-refractivity contribution in [3.05, 3.63) is 28.5 Å². The van der Waals surface area contributed by atoms with E-state index in [1.54, 1.807) is 12.1 Å². The van der Waals surface area contributed by atoms with Crippen LogP contribution in [0.3, 0.4) is 0 Å². The summed E-state index contributed by atoms with van der Waals surface area (Å²) in [6.45, 7) is 4.30. The fourth-order valence-corrected chi connectivity index (χ4v) is 2.89. The van der Waals surface area contributed by atoms with E-state index >= 15 is 0 Å². The smallest absolute Gasteiger partial charge is 0.251 e. The maximum Gasteiger partial charge on any atom is 0.251 e. The number of carbonyl (C=O) groups excluding carboxylic acids is 1. The molecule has 4 nitrogen and oxygen atoms in total. The molecule has 0 radical (unpaired) electrons. The first-order chi connectivity index (χ1) is 9.89. The Kier molecular flexibility index (Phi) is 5.22. The number of rotatable bonds is 4. The van der Waals surface area contributed by atoms with Gasteiger partial charge in [-0.15, -0.1) is 0 Å². The quantitative estimate of drug-likeness (QED) is 0.839. The van der Waals surface area contributed by atoms with Crippen molar-refractivity contribution in [3.63, 3.8) is 0 Å². The van der Waals surface area contributed by atoms with Crippen molar-refractivity contribution in [2.75, 3.05) is 6.54 Å². The van der Waals surface area contributed by atoms with E-state index in [1.807, 2.05) is 13.8 Å². The summed E-state index contributed by atoms with van der Waals surface area (Å²) in [5, 5.41) is 13.6. The number of nitrogens with zero attached hydrogens (tertiary/aromatic N) is 1. The number of carbonyl (C=O) groups is 1. The molecule has 2 N–H and O–H groups in total. The predicted octanol–water partition coefficient (Wildman–Crippen LogP) is 3.28. The molecule has 2 rings (SSSR count). The largest absolute Gasteiger partial charge is 0.388 e. The molecule has 0 bridgehead atoms. The molecule has 0 aliphatic heterocycles. The first-order valence-corrected chi connectivity index (χ1v) is 7.95. The van der Waals surface area contributed by atoms with Crippen molar-refractivity contribution < 1.29 is 9.90 Å². The molecule has 0 atom stereocenters. The number of aliphatic hydroxyl groups is 1. The van der Waals surface area contributed by atoms with Crippen LogP contribution in [0.1, 0.15) is 67.9 Å². The van der Waals surface area contributed by atoms with Crippen molar-refractivity contribution >= 4 is 17.5 Å². The van der Waals surface area contributed by atoms with Gasteiger partial charge in [0.05, 0.1) is 5.60 Å². The van der Waals surface area contributed by atoms with Crippen LogP contribution in [-0.2, 0) is 0 Å². The first kappa shape index (κ1) is 16.2. The zero-order chi connectivity index (χ0) is 15.5. The zero-order valence-electron chi connectivity index (χ0n) is 12.7. The van der Waals surface area contributed by atoms with E-state index in [9.17, 15) is 9.90 Å². The zero-order valence-corrected chi connectivity index (χ0v) is 13.4. The lowest BCUT2D eigenvalue weighted by Gasteiger charge is -2.32. The number of nitrogens with one attached hydrogen (secondary N) is 1. The number of aromatic nitrogens is 1. The minimum absolute atomic E-state index is 0.206. The number of hydrogen-bond donors (Lipinski definition) is 2. The second-order valence-electron chi connectivity index (χ2n) is 6.23. The van der Waals surface area contributed by atoms with E-state index in [2.05, 4.69) is 10.3 Å². The van der Waals surface area contributed by atoms with Crippen LogP contribution in [0.2, 0.25) is 5.15 Å². The summed E-state index contributed by atoms with van der Waals surface area (Å²) in [5.74, 6) is -0.00187. The Morgan fingerprint density at radius 1 is 1.38 bits per heavy atom. The van der Waals surface area contributed by atoms with Gasteiger partial charge < -0.3 is 10.4 Å². The van der Waals surface area contributed by atoms with Gasteiger partial charge in [-0.3, -0.25) is 4.79 Å². The predicted molar refractivity (Wildman–Crippen MR) is 83.7 cm³/mol. The molecule has 1 amide bonds. The monoisotopic (exact) mass is 310 g/mol. The van der Waals surface area contributed by atoms with Crippen molar-refractivity contribution in [2.45, 2.75) is 57.5 Å². The molecule has 1 fully saturated rings. The highest BCUT2D eigenvalue weighted by Gasteiger charge is 2.29. The summed E-state index contributed by atoms with van der Waals surface area (Å²) >= 11 is 5.97. The van der Waals surface area contributed by atoms with E-state index in [4.69, 9.17) is 11.6 Å². The van der Waals surface area contributed by atoms with E-state index in [0.29, 0.717) is 17.3 Å². The van der Waals surface area contributed by atoms with Crippen LogP contribution >= 0.6 is 11.6 Å². The van der Waals surface area contributed by atoms with Crippen molar-refractivity contribution in [3.8, 4) is 0 Å². The Labute approximate surface area is 130 Å². The van der Waals surface area contributed by atoms with Crippen molar-refractivity contribution in [2.24, 2.45) is 0 Å². The average Bonchev–Trinajstić information content (AvgIpc) is 2.45. The highest BCUT2D eigenvalue weighted by Crippen LogP contribution is 2.27. The van der Waals surface area contributed by atoms with Crippen LogP contribution < -0.4 is 5.32 Å². The van der Waals surface area contributed by atoms with Gasteiger partial charge >= 0.3 is 0 Å². The van der Waals surface area contributed by atoms with Crippen LogP contribution in [0.25, 0.3) is 0 Å². The Balaban J connectivity index is 2.03. The van der Waals surface area contributed by atoms with Crippen LogP contribution in [0.5, 0.6) is 0 Å². The molecule has 1 aliphatic rings. The Hall–Kier alpha value is -1.13. The third kappa shape index (κ3) is 4.42. The summed E-state index contributed by atoms with van der Waals surface area (Å²) in [6, 6.07) is 3.32. The SMILES string of the molecule is CC(C)c1cc(C(=O)NCC2(O)CCCCC2)cc(Cl)n1. The molecule has 1 aromatic rings. The van der Waals surface area contributed by atoms with Gasteiger partial charge in [-0.2, -0.15) is 0 Å². The van der Waals surface area contributed by atoms with Crippen molar-refractivity contribution in [1.29, 1.82) is 0 Å². The third-order valence-electron chi connectivity index (χ3n) is 4.03. The van der Waals surface area contributed by atoms with E-state index in [0.717, 1.165) is 37.8 Å². The lowest BCUT2D eigenvalue weighted by Crippen LogP contribution is -2.44. The molecule has 116 valence electrons. The normalized spacial score (nSPS) is 17.8. The highest BCUT2D eigenvalue weighted by molar-refractivity contribution is 6.29. The number of hydrogen-bond acceptors (Lipinski definition) is 3. The van der Waals surface area contributed by atoms with Gasteiger partial charge in [0, 0.05) is 17.8 Å². The fourth-order valence-electron chi connectivity index (χ4n) is 2.68. The molecule has 0 saturated heterocycles. The van der Waals surface area contributed by atoms with Gasteiger partial charge in [0.25, 0.3) is 5.91 Å². The summed E-state index contributed by atoms with van der Waals surface area (Å²) in [7, 11) is 0. The second kappa shape index (κ2) is 6.75. The molecule has 1 aliphatic carbocycles. The maximum atomic E-state index is 12.2. The summed E-state index contributed by atoms with van der Waals surface area (Å²) in [6.07, 6.45) is 4.70. The number of pyridine rings is 1. The lowest BCUT2D eigenvalue weighted by molar-refractivity contribution is 0.00525. The maximum absolute atomic E-state index is 12.2. The van der Waals surface area contributed by atoms with Crippen molar-refractivity contribution in [1.82, 2.24) is 10.3 Å². The standard InChI is InChI=1S/C16H23ClN2O2/c1-11(2)13-8-12(9-14(17)19-13)15(20)18-10-16(21)6-4-3-5-7-16/h8-9,11,21H,3-7,10H2,1-2H3,(H,18,20). The summed E-state index contributed by atoms with van der Waals surface area (Å²) in [4.78, 5) is 16.5. The Morgan fingerprint density at radius 2 is 2.05 bits per heavy atom. The van der Waals surface area contributed by atoms with Gasteiger partial charge in [0.15, 0.2) is 0 Å². The lowest BCUT2D eigenvalue weighted by atomic mass is 9.85. The van der Waals surface area contributed by atoms with E-state index < -0.39 is 5.60 Å². The van der Waals surface area contributed by atoms with Gasteiger partial charge in [0.2, 0.25) is 0 Å². The molecular weight excluding hydrogens is 288 g/mol. The minimum atomic E-state index is -0.758. The summed E-state index contributed by atoms with van der Waals surface area (Å²) < 4.78 is 0. The first-order valence-electron chi connectivity index (χ1n) is 7.58.